The molecule has 0 amide bonds. The summed E-state index contributed by atoms with van der Waals surface area (Å²) in [7, 11) is 2.10. The van der Waals surface area contributed by atoms with Crippen LogP contribution in [0.5, 0.6) is 0 Å². The lowest BCUT2D eigenvalue weighted by Crippen LogP contribution is -2.30. The van der Waals surface area contributed by atoms with E-state index in [2.05, 4.69) is 92.6 Å². The van der Waals surface area contributed by atoms with Crippen LogP contribution in [0.4, 0.5) is 0 Å². The molecule has 0 unspecified atom stereocenters. The van der Waals surface area contributed by atoms with Crippen LogP contribution in [-0.4, -0.2) is 35.6 Å². The molecule has 2 aromatic heterocycles. The molecule has 0 bridgehead atoms. The molecule has 3 aromatic rings. The van der Waals surface area contributed by atoms with Gasteiger partial charge < -0.3 is 5.32 Å². The fourth-order valence-electron chi connectivity index (χ4n) is 3.12. The van der Waals surface area contributed by atoms with Gasteiger partial charge in [0, 0.05) is 23.1 Å². The minimum absolute atomic E-state index is 0.732. The minimum atomic E-state index is 0.732. The molecule has 6 nitrogen and oxygen atoms in total. The second-order valence-corrected chi connectivity index (χ2v) is 7.62. The van der Waals surface area contributed by atoms with Crippen LogP contribution in [0.15, 0.2) is 63.8 Å². The Morgan fingerprint density at radius 3 is 2.85 bits per heavy atom. The summed E-state index contributed by atoms with van der Waals surface area (Å²) in [5.74, 6) is 1.81. The second kappa shape index (κ2) is 7.84. The van der Waals surface area contributed by atoms with Crippen LogP contribution in [0.25, 0.3) is 16.9 Å². The fourth-order valence-corrected chi connectivity index (χ4v) is 3.81. The van der Waals surface area contributed by atoms with E-state index in [0.717, 1.165) is 30.4 Å². The third-order valence-corrected chi connectivity index (χ3v) is 5.33. The number of aryl methyl sites for hydroxylation is 1. The number of guanidine groups is 1. The highest BCUT2D eigenvalue weighted by atomic mass is 32.2. The Labute approximate surface area is 163 Å². The highest BCUT2D eigenvalue weighted by molar-refractivity contribution is 7.99. The SMILES string of the molecule is CCSc1ccc2n(C)c(-c3ccc(/C=N/NC4=NCCN4)cc3)c[n+]2c1. The number of fused-ring (bicyclic) bond motifs is 1. The van der Waals surface area contributed by atoms with Gasteiger partial charge >= 0.3 is 0 Å². The lowest BCUT2D eigenvalue weighted by atomic mass is 10.1. The predicted octanol–water partition coefficient (Wildman–Crippen LogP) is 2.43. The van der Waals surface area contributed by atoms with Crippen molar-refractivity contribution in [2.75, 3.05) is 18.8 Å². The van der Waals surface area contributed by atoms with Gasteiger partial charge in [0.05, 0.1) is 19.8 Å². The number of hydrogen-bond donors (Lipinski definition) is 2. The minimum Gasteiger partial charge on any atom is -0.353 e. The Kier molecular flexibility index (Phi) is 5.11. The quantitative estimate of drug-likeness (QED) is 0.310. The monoisotopic (exact) mass is 379 g/mol. The molecule has 0 fully saturated rings. The van der Waals surface area contributed by atoms with Gasteiger partial charge in [-0.05, 0) is 29.5 Å². The van der Waals surface area contributed by atoms with Crippen molar-refractivity contribution in [3.05, 3.63) is 54.4 Å². The maximum absolute atomic E-state index is 4.24. The summed E-state index contributed by atoms with van der Waals surface area (Å²) >= 11 is 1.86. The molecule has 138 valence electrons. The molecular formula is C20H23N6S+. The summed E-state index contributed by atoms with van der Waals surface area (Å²) < 4.78 is 4.41. The number of hydrazone groups is 1. The maximum Gasteiger partial charge on any atom is 0.286 e. The van der Waals surface area contributed by atoms with Crippen molar-refractivity contribution < 1.29 is 4.40 Å². The first-order valence-electron chi connectivity index (χ1n) is 9.06. The highest BCUT2D eigenvalue weighted by Gasteiger charge is 2.16. The standard InChI is InChI=1S/C20H23N6S/c1-3-27-17-8-9-19-25(2)18(14-26(19)13-17)16-6-4-15(5-7-16)12-23-24-20-21-10-11-22-20/h4-9,12-14H,3,10-11H2,1-2H3,(H2,21,22,24)/q+1/b23-12+. The van der Waals surface area contributed by atoms with Crippen LogP contribution in [0.3, 0.4) is 0 Å². The molecule has 0 spiro atoms. The lowest BCUT2D eigenvalue weighted by molar-refractivity contribution is -0.512. The smallest absolute Gasteiger partial charge is 0.286 e. The average Bonchev–Trinajstić information content (AvgIpc) is 3.31. The number of aliphatic imine (C=N–C) groups is 1. The molecule has 0 saturated heterocycles. The number of imidazole rings is 1. The van der Waals surface area contributed by atoms with E-state index in [4.69, 9.17) is 0 Å². The molecule has 2 N–H and O–H groups in total. The summed E-state index contributed by atoms with van der Waals surface area (Å²) in [4.78, 5) is 5.53. The van der Waals surface area contributed by atoms with Crippen LogP contribution in [0.2, 0.25) is 0 Å². The first-order chi connectivity index (χ1) is 13.2. The summed E-state index contributed by atoms with van der Waals surface area (Å²) in [6.07, 6.45) is 6.18. The summed E-state index contributed by atoms with van der Waals surface area (Å²) in [6, 6.07) is 12.8. The zero-order valence-corrected chi connectivity index (χ0v) is 16.3. The molecule has 1 aromatic carbocycles. The van der Waals surface area contributed by atoms with E-state index in [1.54, 1.807) is 6.21 Å². The number of pyridine rings is 1. The summed E-state index contributed by atoms with van der Waals surface area (Å²) in [6.45, 7) is 3.84. The molecule has 1 aliphatic rings. The van der Waals surface area contributed by atoms with Crippen molar-refractivity contribution in [3.8, 4) is 11.3 Å². The van der Waals surface area contributed by atoms with Gasteiger partial charge in [0.2, 0.25) is 5.96 Å². The zero-order chi connectivity index (χ0) is 18.6. The van der Waals surface area contributed by atoms with Crippen molar-refractivity contribution in [2.45, 2.75) is 11.8 Å². The first kappa shape index (κ1) is 17.6. The summed E-state index contributed by atoms with van der Waals surface area (Å²) in [5, 5.41) is 7.35. The number of hydrogen-bond acceptors (Lipinski definition) is 5. The molecular weight excluding hydrogens is 356 g/mol. The third kappa shape index (κ3) is 3.83. The number of nitrogens with one attached hydrogen (secondary N) is 2. The van der Waals surface area contributed by atoms with Gasteiger partial charge in [-0.2, -0.15) is 5.10 Å². The number of thioether (sulfide) groups is 1. The van der Waals surface area contributed by atoms with Gasteiger partial charge in [0.15, 0.2) is 5.69 Å². The van der Waals surface area contributed by atoms with Crippen LogP contribution in [-0.2, 0) is 7.05 Å². The van der Waals surface area contributed by atoms with Crippen molar-refractivity contribution >= 4 is 29.6 Å². The van der Waals surface area contributed by atoms with Crippen LogP contribution >= 0.6 is 11.8 Å². The Hall–Kier alpha value is -2.80. The van der Waals surface area contributed by atoms with E-state index in [9.17, 15) is 0 Å². The zero-order valence-electron chi connectivity index (χ0n) is 15.5. The summed E-state index contributed by atoms with van der Waals surface area (Å²) in [5.41, 5.74) is 7.49. The number of benzene rings is 1. The van der Waals surface area contributed by atoms with E-state index in [-0.39, 0.29) is 0 Å². The molecule has 27 heavy (non-hydrogen) atoms. The molecule has 0 atom stereocenters. The molecule has 4 rings (SSSR count). The molecule has 0 radical (unpaired) electrons. The van der Waals surface area contributed by atoms with E-state index in [1.165, 1.54) is 21.8 Å². The van der Waals surface area contributed by atoms with Crippen molar-refractivity contribution in [1.82, 2.24) is 15.3 Å². The van der Waals surface area contributed by atoms with Crippen molar-refractivity contribution in [3.63, 3.8) is 0 Å². The van der Waals surface area contributed by atoms with Gasteiger partial charge in [-0.15, -0.1) is 11.8 Å². The van der Waals surface area contributed by atoms with Crippen LogP contribution in [0.1, 0.15) is 12.5 Å². The van der Waals surface area contributed by atoms with Crippen molar-refractivity contribution in [2.24, 2.45) is 17.1 Å². The number of aromatic nitrogens is 2. The van der Waals surface area contributed by atoms with Gasteiger partial charge in [0.25, 0.3) is 5.65 Å². The highest BCUT2D eigenvalue weighted by Crippen LogP contribution is 2.22. The Bertz CT molecular complexity index is 1000. The van der Waals surface area contributed by atoms with E-state index in [1.807, 2.05) is 11.8 Å². The van der Waals surface area contributed by atoms with E-state index < -0.39 is 0 Å². The topological polar surface area (TPSA) is 57.8 Å². The largest absolute Gasteiger partial charge is 0.353 e. The fraction of sp³-hybridized carbons (Fsp3) is 0.250. The van der Waals surface area contributed by atoms with Crippen molar-refractivity contribution in [1.29, 1.82) is 0 Å². The third-order valence-electron chi connectivity index (χ3n) is 4.47. The molecule has 0 aliphatic carbocycles. The molecule has 0 saturated carbocycles. The first-order valence-corrected chi connectivity index (χ1v) is 10.0. The Morgan fingerprint density at radius 1 is 1.26 bits per heavy atom. The van der Waals surface area contributed by atoms with Gasteiger partial charge in [0.1, 0.15) is 12.4 Å². The average molecular weight is 380 g/mol. The lowest BCUT2D eigenvalue weighted by Gasteiger charge is -2.00. The van der Waals surface area contributed by atoms with Gasteiger partial charge in [-0.1, -0.05) is 19.1 Å². The molecule has 1 aliphatic heterocycles. The van der Waals surface area contributed by atoms with Crippen LogP contribution in [0, 0.1) is 0 Å². The Morgan fingerprint density at radius 2 is 2.11 bits per heavy atom. The van der Waals surface area contributed by atoms with E-state index in [0.29, 0.717) is 0 Å². The normalized spacial score (nSPS) is 13.9. The predicted molar refractivity (Wildman–Crippen MR) is 111 cm³/mol. The van der Waals surface area contributed by atoms with Gasteiger partial charge in [-0.3, -0.25) is 0 Å². The van der Waals surface area contributed by atoms with Gasteiger partial charge in [-0.25, -0.2) is 19.4 Å². The second-order valence-electron chi connectivity index (χ2n) is 6.29. The maximum atomic E-state index is 4.24. The van der Waals surface area contributed by atoms with Crippen LogP contribution < -0.4 is 15.1 Å². The molecule has 7 heteroatoms. The van der Waals surface area contributed by atoms with E-state index >= 15 is 0 Å². The molecule has 3 heterocycles. The number of nitrogens with zero attached hydrogens (tertiary/aromatic N) is 4. The number of rotatable bonds is 5. The Balaban J connectivity index is 1.54.